The van der Waals surface area contributed by atoms with Crippen LogP contribution in [0.15, 0.2) is 59.5 Å². The van der Waals surface area contributed by atoms with Crippen molar-refractivity contribution in [2.75, 3.05) is 33.3 Å². The van der Waals surface area contributed by atoms with E-state index in [1.54, 1.807) is 12.1 Å². The first-order valence-electron chi connectivity index (χ1n) is 13.4. The first-order valence-corrected chi connectivity index (χ1v) is 14.8. The number of carbonyl (C=O) groups is 1. The monoisotopic (exact) mass is 545 g/mol. The van der Waals surface area contributed by atoms with Gasteiger partial charge in [0.25, 0.3) is 0 Å². The molecule has 2 aromatic carbocycles. The normalized spacial score (nSPS) is 19.8. The quantitative estimate of drug-likeness (QED) is 0.375. The molecule has 0 radical (unpaired) electrons. The largest absolute Gasteiger partial charge is 0.497 e. The maximum Gasteiger partial charge on any atom is 0.407 e. The van der Waals surface area contributed by atoms with Crippen molar-refractivity contribution in [1.29, 1.82) is 0 Å². The molecule has 2 aliphatic rings. The fourth-order valence-corrected chi connectivity index (χ4v) is 6.74. The molecule has 1 saturated carbocycles. The van der Waals surface area contributed by atoms with Crippen LogP contribution in [0.5, 0.6) is 5.75 Å². The summed E-state index contributed by atoms with van der Waals surface area (Å²) in [6.07, 6.45) is 3.13. The molecule has 1 aliphatic heterocycles. The number of aliphatic hydroxyl groups excluding tert-OH is 1. The standard InChI is InChI=1S/C28H39N3O6S/c1-36-23-11-13-25(14-12-23)38(34,35)31(19-22-9-5-6-10-22)20-27(32)26(17-21-7-3-2-4-8-21)30-28(33)37-24-15-16-29-18-24/h2-4,7-8,11-14,22,24,26-27,29,32H,5-6,9-10,15-20H2,1H3,(H,30,33)/t24-,26+,27?/m1/s1. The van der Waals surface area contributed by atoms with E-state index in [9.17, 15) is 18.3 Å². The molecular weight excluding hydrogens is 506 g/mol. The number of amides is 1. The van der Waals surface area contributed by atoms with Crippen molar-refractivity contribution in [3.05, 3.63) is 60.2 Å². The van der Waals surface area contributed by atoms with Crippen LogP contribution in [-0.2, 0) is 21.2 Å². The van der Waals surface area contributed by atoms with E-state index in [4.69, 9.17) is 9.47 Å². The van der Waals surface area contributed by atoms with Gasteiger partial charge in [-0.2, -0.15) is 4.31 Å². The maximum atomic E-state index is 13.7. The van der Waals surface area contributed by atoms with Crippen LogP contribution in [0.3, 0.4) is 0 Å². The zero-order valence-corrected chi connectivity index (χ0v) is 22.7. The topological polar surface area (TPSA) is 117 Å². The number of sulfonamides is 1. The summed E-state index contributed by atoms with van der Waals surface area (Å²) in [6, 6.07) is 15.0. The molecule has 3 atom stereocenters. The Morgan fingerprint density at radius 2 is 1.82 bits per heavy atom. The van der Waals surface area contributed by atoms with Gasteiger partial charge in [0.15, 0.2) is 0 Å². The lowest BCUT2D eigenvalue weighted by Crippen LogP contribution is -2.51. The molecule has 1 aliphatic carbocycles. The minimum Gasteiger partial charge on any atom is -0.497 e. The van der Waals surface area contributed by atoms with Gasteiger partial charge in [0.05, 0.1) is 24.2 Å². The number of benzene rings is 2. The first kappa shape index (κ1) is 28.4. The van der Waals surface area contributed by atoms with Crippen LogP contribution in [0.25, 0.3) is 0 Å². The second kappa shape index (κ2) is 13.4. The molecule has 1 unspecified atom stereocenters. The highest BCUT2D eigenvalue weighted by Crippen LogP contribution is 2.29. The molecule has 2 aromatic rings. The Kier molecular flexibility index (Phi) is 10.0. The Hall–Kier alpha value is -2.66. The molecule has 1 saturated heterocycles. The Labute approximate surface area is 225 Å². The fraction of sp³-hybridized carbons (Fsp3) is 0.536. The number of nitrogens with zero attached hydrogens (tertiary/aromatic N) is 1. The number of rotatable bonds is 12. The highest BCUT2D eigenvalue weighted by atomic mass is 32.2. The summed E-state index contributed by atoms with van der Waals surface area (Å²) in [6.45, 7) is 1.55. The lowest BCUT2D eigenvalue weighted by Gasteiger charge is -2.31. The molecule has 9 nitrogen and oxygen atoms in total. The SMILES string of the molecule is COc1ccc(S(=O)(=O)N(CC2CCCC2)CC(O)[C@H](Cc2ccccc2)NC(=O)O[C@@H]2CCNC2)cc1. The second-order valence-corrected chi connectivity index (χ2v) is 12.1. The summed E-state index contributed by atoms with van der Waals surface area (Å²) in [5.41, 5.74) is 0.916. The van der Waals surface area contributed by atoms with Crippen molar-refractivity contribution in [1.82, 2.24) is 14.9 Å². The van der Waals surface area contributed by atoms with E-state index in [1.807, 2.05) is 30.3 Å². The maximum absolute atomic E-state index is 13.7. The fourth-order valence-electron chi connectivity index (χ4n) is 5.20. The summed E-state index contributed by atoms with van der Waals surface area (Å²) >= 11 is 0. The zero-order chi connectivity index (χ0) is 27.0. The number of aliphatic hydroxyl groups is 1. The van der Waals surface area contributed by atoms with Crippen molar-refractivity contribution in [3.63, 3.8) is 0 Å². The predicted molar refractivity (Wildman–Crippen MR) is 145 cm³/mol. The number of carbonyl (C=O) groups excluding carboxylic acids is 1. The molecule has 0 spiro atoms. The zero-order valence-electron chi connectivity index (χ0n) is 21.9. The third-order valence-electron chi connectivity index (χ3n) is 7.38. The molecule has 208 valence electrons. The van der Waals surface area contributed by atoms with E-state index in [0.29, 0.717) is 25.3 Å². The molecule has 38 heavy (non-hydrogen) atoms. The minimum atomic E-state index is -3.90. The summed E-state index contributed by atoms with van der Waals surface area (Å²) in [5.74, 6) is 0.796. The minimum absolute atomic E-state index is 0.143. The smallest absolute Gasteiger partial charge is 0.407 e. The Balaban J connectivity index is 1.54. The summed E-state index contributed by atoms with van der Waals surface area (Å²) < 4.78 is 39.6. The van der Waals surface area contributed by atoms with E-state index in [2.05, 4.69) is 10.6 Å². The molecule has 1 heterocycles. The molecule has 0 bridgehead atoms. The van der Waals surface area contributed by atoms with Gasteiger partial charge >= 0.3 is 6.09 Å². The van der Waals surface area contributed by atoms with Crippen LogP contribution >= 0.6 is 0 Å². The summed E-state index contributed by atoms with van der Waals surface area (Å²) in [7, 11) is -2.37. The molecule has 10 heteroatoms. The third-order valence-corrected chi connectivity index (χ3v) is 9.23. The average molecular weight is 546 g/mol. The third kappa shape index (κ3) is 7.69. The molecule has 4 rings (SSSR count). The molecule has 3 N–H and O–H groups in total. The van der Waals surface area contributed by atoms with E-state index in [1.165, 1.54) is 23.5 Å². The van der Waals surface area contributed by atoms with Crippen LogP contribution in [0.1, 0.15) is 37.7 Å². The second-order valence-electron chi connectivity index (χ2n) is 10.2. The van der Waals surface area contributed by atoms with Crippen molar-refractivity contribution in [3.8, 4) is 5.75 Å². The Morgan fingerprint density at radius 1 is 1.11 bits per heavy atom. The van der Waals surface area contributed by atoms with Gasteiger partial charge in [-0.1, -0.05) is 43.2 Å². The van der Waals surface area contributed by atoms with Gasteiger partial charge < -0.3 is 25.2 Å². The highest BCUT2D eigenvalue weighted by Gasteiger charge is 2.33. The summed E-state index contributed by atoms with van der Waals surface area (Å²) in [4.78, 5) is 12.9. The van der Waals surface area contributed by atoms with Gasteiger partial charge in [0.1, 0.15) is 11.9 Å². The number of alkyl carbamates (subject to hydrolysis) is 1. The van der Waals surface area contributed by atoms with Crippen LogP contribution < -0.4 is 15.4 Å². The number of nitrogens with one attached hydrogen (secondary N) is 2. The van der Waals surface area contributed by atoms with Gasteiger partial charge in [-0.05, 0) is 68.0 Å². The molecule has 2 fully saturated rings. The number of hydrogen-bond acceptors (Lipinski definition) is 7. The molecule has 0 aromatic heterocycles. The number of hydrogen-bond donors (Lipinski definition) is 3. The number of methoxy groups -OCH3 is 1. The molecule has 1 amide bonds. The van der Waals surface area contributed by atoms with E-state index < -0.39 is 28.3 Å². The van der Waals surface area contributed by atoms with Crippen LogP contribution in [0.2, 0.25) is 0 Å². The predicted octanol–water partition coefficient (Wildman–Crippen LogP) is 2.94. The van der Waals surface area contributed by atoms with Crippen molar-refractivity contribution < 1.29 is 27.8 Å². The van der Waals surface area contributed by atoms with Gasteiger partial charge in [-0.25, -0.2) is 13.2 Å². The Morgan fingerprint density at radius 3 is 2.45 bits per heavy atom. The lowest BCUT2D eigenvalue weighted by atomic mass is 10.0. The van der Waals surface area contributed by atoms with Gasteiger partial charge in [-0.15, -0.1) is 0 Å². The number of ether oxygens (including phenoxy) is 2. The van der Waals surface area contributed by atoms with Gasteiger partial charge in [0, 0.05) is 19.6 Å². The lowest BCUT2D eigenvalue weighted by molar-refractivity contribution is 0.0752. The van der Waals surface area contributed by atoms with Gasteiger partial charge in [0.2, 0.25) is 10.0 Å². The highest BCUT2D eigenvalue weighted by molar-refractivity contribution is 7.89. The average Bonchev–Trinajstić information content (AvgIpc) is 3.63. The van der Waals surface area contributed by atoms with Crippen molar-refractivity contribution in [2.45, 2.75) is 61.7 Å². The van der Waals surface area contributed by atoms with Crippen LogP contribution in [0.4, 0.5) is 4.79 Å². The molecular formula is C28H39N3O6S. The van der Waals surface area contributed by atoms with E-state index in [0.717, 1.165) is 44.2 Å². The van der Waals surface area contributed by atoms with Crippen molar-refractivity contribution in [2.24, 2.45) is 5.92 Å². The van der Waals surface area contributed by atoms with Crippen LogP contribution in [0, 0.1) is 5.92 Å². The Bertz CT molecular complexity index is 1120. The summed E-state index contributed by atoms with van der Waals surface area (Å²) in [5, 5.41) is 17.4. The van der Waals surface area contributed by atoms with Crippen molar-refractivity contribution >= 4 is 16.1 Å². The van der Waals surface area contributed by atoms with E-state index >= 15 is 0 Å². The van der Waals surface area contributed by atoms with Crippen LogP contribution in [-0.4, -0.2) is 75.5 Å². The van der Waals surface area contributed by atoms with E-state index in [-0.39, 0.29) is 23.5 Å². The van der Waals surface area contributed by atoms with Gasteiger partial charge in [-0.3, -0.25) is 0 Å². The first-order chi connectivity index (χ1) is 18.3.